The van der Waals surface area contributed by atoms with Crippen LogP contribution in [-0.4, -0.2) is 73.0 Å². The van der Waals surface area contributed by atoms with Crippen molar-refractivity contribution in [3.05, 3.63) is 0 Å². The SMILES string of the molecule is O=S(=O)(NS(=O)(=O)C(F)(F)C(F)(F)C(F)(F)S(=O)(=O)NCCNCC(F)(F)F)C(F)(F)F. The van der Waals surface area contributed by atoms with Crippen LogP contribution in [0.4, 0.5) is 52.7 Å². The van der Waals surface area contributed by atoms with Gasteiger partial charge in [-0.15, -0.1) is 0 Å². The summed E-state index contributed by atoms with van der Waals surface area (Å²) in [7, 11) is -22.3. The molecule has 0 bridgehead atoms. The van der Waals surface area contributed by atoms with Gasteiger partial charge in [-0.2, -0.15) is 52.7 Å². The monoisotopic (exact) mass is 567 g/mol. The summed E-state index contributed by atoms with van der Waals surface area (Å²) in [6.45, 7) is -4.60. The van der Waals surface area contributed by atoms with Crippen molar-refractivity contribution in [1.82, 2.24) is 14.2 Å². The Bertz CT molecular complexity index is 986. The van der Waals surface area contributed by atoms with E-state index in [1.165, 1.54) is 5.32 Å². The highest BCUT2D eigenvalue weighted by Crippen LogP contribution is 2.50. The summed E-state index contributed by atoms with van der Waals surface area (Å²) in [5.74, 6) is -7.61. The Morgan fingerprint density at radius 2 is 0.969 bits per heavy atom. The Labute approximate surface area is 170 Å². The summed E-state index contributed by atoms with van der Waals surface area (Å²) >= 11 is 0. The molecular formula is C8H9F12N3O6S3. The predicted molar refractivity (Wildman–Crippen MR) is 77.7 cm³/mol. The first-order chi connectivity index (χ1) is 13.7. The zero-order valence-electron chi connectivity index (χ0n) is 14.3. The first kappa shape index (κ1) is 30.9. The molecule has 9 nitrogen and oxygen atoms in total. The van der Waals surface area contributed by atoms with E-state index in [1.807, 2.05) is 0 Å². The lowest BCUT2D eigenvalue weighted by atomic mass is 10.3. The van der Waals surface area contributed by atoms with Crippen LogP contribution in [0.5, 0.6) is 0 Å². The van der Waals surface area contributed by atoms with Crippen molar-refractivity contribution in [2.24, 2.45) is 0 Å². The van der Waals surface area contributed by atoms with Crippen LogP contribution in [0.1, 0.15) is 0 Å². The van der Waals surface area contributed by atoms with Gasteiger partial charge in [0, 0.05) is 13.1 Å². The summed E-state index contributed by atoms with van der Waals surface area (Å²) in [5, 5.41) is -13.3. The Morgan fingerprint density at radius 3 is 1.34 bits per heavy atom. The van der Waals surface area contributed by atoms with Gasteiger partial charge < -0.3 is 5.32 Å². The summed E-state index contributed by atoms with van der Waals surface area (Å²) in [5.41, 5.74) is -6.70. The van der Waals surface area contributed by atoms with Crippen LogP contribution in [0, 0.1) is 0 Å². The Balaban J connectivity index is 5.87. The summed E-state index contributed by atoms with van der Waals surface area (Å²) in [4.78, 5) is 0. The van der Waals surface area contributed by atoms with Gasteiger partial charge in [0.05, 0.1) is 6.54 Å². The van der Waals surface area contributed by atoms with Gasteiger partial charge in [-0.25, -0.2) is 30.0 Å². The largest absolute Gasteiger partial charge is 0.512 e. The molecule has 0 spiro atoms. The number of hydrogen-bond donors (Lipinski definition) is 3. The fourth-order valence-corrected chi connectivity index (χ4v) is 4.85. The summed E-state index contributed by atoms with van der Waals surface area (Å²) < 4.78 is 218. The second-order valence-electron chi connectivity index (χ2n) is 5.33. The van der Waals surface area contributed by atoms with Crippen LogP contribution in [0.25, 0.3) is 0 Å². The van der Waals surface area contributed by atoms with Gasteiger partial charge in [0.15, 0.2) is 0 Å². The van der Waals surface area contributed by atoms with Crippen molar-refractivity contribution in [3.63, 3.8) is 0 Å². The van der Waals surface area contributed by atoms with Gasteiger partial charge in [0.1, 0.15) is 0 Å². The van der Waals surface area contributed by atoms with E-state index in [-0.39, 0.29) is 0 Å². The second-order valence-corrected chi connectivity index (χ2v) is 10.8. The summed E-state index contributed by atoms with van der Waals surface area (Å²) in [6.07, 6.45) is -4.89. The Hall–Kier alpha value is -1.11. The molecule has 0 aliphatic rings. The zero-order valence-corrected chi connectivity index (χ0v) is 16.8. The van der Waals surface area contributed by atoms with Crippen LogP contribution in [0.2, 0.25) is 0 Å². The smallest absolute Gasteiger partial charge is 0.307 e. The van der Waals surface area contributed by atoms with Gasteiger partial charge in [0.2, 0.25) is 0 Å². The molecule has 0 rings (SSSR count). The highest BCUT2D eigenvalue weighted by atomic mass is 32.3. The van der Waals surface area contributed by atoms with E-state index in [9.17, 15) is 77.9 Å². The molecule has 0 radical (unpaired) electrons. The highest BCUT2D eigenvalue weighted by molar-refractivity contribution is 8.05. The first-order valence-corrected chi connectivity index (χ1v) is 11.4. The molecule has 0 aromatic heterocycles. The molecule has 32 heavy (non-hydrogen) atoms. The van der Waals surface area contributed by atoms with Crippen molar-refractivity contribution in [1.29, 1.82) is 0 Å². The van der Waals surface area contributed by atoms with Crippen molar-refractivity contribution < 1.29 is 77.9 Å². The van der Waals surface area contributed by atoms with E-state index in [4.69, 9.17) is 0 Å². The normalized spacial score (nSPS) is 15.8. The quantitative estimate of drug-likeness (QED) is 0.246. The van der Waals surface area contributed by atoms with Crippen LogP contribution in [0.3, 0.4) is 0 Å². The number of nitrogens with one attached hydrogen (secondary N) is 3. The molecule has 194 valence electrons. The molecule has 0 aromatic rings. The fourth-order valence-electron chi connectivity index (χ4n) is 1.35. The van der Waals surface area contributed by atoms with E-state index >= 15 is 0 Å². The maximum absolute atomic E-state index is 13.6. The minimum Gasteiger partial charge on any atom is -0.307 e. The van der Waals surface area contributed by atoms with E-state index in [0.717, 1.165) is 0 Å². The molecule has 0 aliphatic heterocycles. The van der Waals surface area contributed by atoms with E-state index in [2.05, 4.69) is 0 Å². The molecule has 0 fully saturated rings. The molecule has 3 N–H and O–H groups in total. The predicted octanol–water partition coefficient (Wildman–Crippen LogP) is 0.648. The van der Waals surface area contributed by atoms with Crippen molar-refractivity contribution >= 4 is 30.1 Å². The van der Waals surface area contributed by atoms with Gasteiger partial charge in [-0.1, -0.05) is 4.13 Å². The third-order valence-corrected chi connectivity index (χ3v) is 7.66. The summed E-state index contributed by atoms with van der Waals surface area (Å²) in [6, 6.07) is 0. The van der Waals surface area contributed by atoms with Crippen LogP contribution >= 0.6 is 0 Å². The maximum atomic E-state index is 13.6. The molecule has 0 saturated carbocycles. The van der Waals surface area contributed by atoms with Gasteiger partial charge in [-0.05, 0) is 0 Å². The topological polar surface area (TPSA) is 139 Å². The lowest BCUT2D eigenvalue weighted by Gasteiger charge is -2.31. The molecule has 0 atom stereocenters. The molecular weight excluding hydrogens is 558 g/mol. The van der Waals surface area contributed by atoms with E-state index in [1.54, 1.807) is 0 Å². The van der Waals surface area contributed by atoms with Crippen LogP contribution < -0.4 is 14.2 Å². The lowest BCUT2D eigenvalue weighted by molar-refractivity contribution is -0.244. The minimum atomic E-state index is -7.90. The van der Waals surface area contributed by atoms with Crippen LogP contribution in [0.15, 0.2) is 0 Å². The van der Waals surface area contributed by atoms with Crippen molar-refractivity contribution in [3.8, 4) is 0 Å². The van der Waals surface area contributed by atoms with Gasteiger partial charge in [0.25, 0.3) is 20.0 Å². The number of sulfonamides is 3. The number of halogens is 12. The van der Waals surface area contributed by atoms with Gasteiger partial charge in [-0.3, -0.25) is 0 Å². The fraction of sp³-hybridized carbons (Fsp3) is 1.00. The Kier molecular flexibility index (Phi) is 8.61. The Morgan fingerprint density at radius 1 is 0.562 bits per heavy atom. The number of alkyl halides is 12. The zero-order chi connectivity index (χ0) is 26.2. The average Bonchev–Trinajstić information content (AvgIpc) is 2.50. The standard InChI is InChI=1S/C8H9F12N3O6S3/c9-4(10,11)3-21-1-2-22-30(24,25)6(14,15)5(12,13)7(16,17)31(26,27)23-32(28,29)8(18,19)20/h21-23H,1-3H2. The van der Waals surface area contributed by atoms with Gasteiger partial charge >= 0.3 is 38.1 Å². The number of hydrogen-bond acceptors (Lipinski definition) is 7. The van der Waals surface area contributed by atoms with Crippen LogP contribution in [-0.2, 0) is 30.1 Å². The molecule has 24 heteroatoms. The molecule has 0 aromatic carbocycles. The third-order valence-electron chi connectivity index (χ3n) is 2.85. The van der Waals surface area contributed by atoms with Crippen molar-refractivity contribution in [2.75, 3.05) is 19.6 Å². The molecule has 0 aliphatic carbocycles. The maximum Gasteiger partial charge on any atom is 0.512 e. The third kappa shape index (κ3) is 6.27. The lowest BCUT2D eigenvalue weighted by Crippen LogP contribution is -2.65. The highest BCUT2D eigenvalue weighted by Gasteiger charge is 2.82. The second kappa shape index (κ2) is 8.92. The molecule has 0 amide bonds. The minimum absolute atomic E-state index is 0.453. The molecule has 0 heterocycles. The first-order valence-electron chi connectivity index (χ1n) is 6.91. The average molecular weight is 567 g/mol. The van der Waals surface area contributed by atoms with Crippen molar-refractivity contribution in [2.45, 2.75) is 28.1 Å². The number of rotatable bonds is 11. The van der Waals surface area contributed by atoms with E-state index < -0.39 is 81.9 Å². The molecule has 0 saturated heterocycles. The van der Waals surface area contributed by atoms with E-state index in [0.29, 0.717) is 4.72 Å². The molecule has 0 unspecified atom stereocenters.